The summed E-state index contributed by atoms with van der Waals surface area (Å²) < 4.78 is 16.9. The largest absolute Gasteiger partial charge is 0.493 e. The summed E-state index contributed by atoms with van der Waals surface area (Å²) in [5, 5.41) is 1.09. The predicted molar refractivity (Wildman–Crippen MR) is 97.6 cm³/mol. The highest BCUT2D eigenvalue weighted by molar-refractivity contribution is 7.22. The molecule has 1 heterocycles. The summed E-state index contributed by atoms with van der Waals surface area (Å²) in [6.45, 7) is 0. The van der Waals surface area contributed by atoms with E-state index in [0.717, 1.165) is 4.70 Å². The highest BCUT2D eigenvalue weighted by atomic mass is 32.1. The third-order valence-corrected chi connectivity index (χ3v) is 4.78. The molecule has 1 aromatic heterocycles. The maximum Gasteiger partial charge on any atom is 0.203 e. The van der Waals surface area contributed by atoms with Crippen LogP contribution >= 0.6 is 11.3 Å². The number of nitrogens with two attached hydrogens (primary N) is 1. The molecule has 124 valence electrons. The SMILES string of the molecule is COc1cc(-c2c(N)sc3ccccc3c2=O)cc(OC)c1OC. The van der Waals surface area contributed by atoms with Crippen molar-refractivity contribution in [1.29, 1.82) is 0 Å². The lowest BCUT2D eigenvalue weighted by molar-refractivity contribution is 0.324. The summed E-state index contributed by atoms with van der Waals surface area (Å²) >= 11 is 1.38. The first-order valence-electron chi connectivity index (χ1n) is 7.22. The molecule has 3 aromatic rings. The van der Waals surface area contributed by atoms with Gasteiger partial charge in [-0.25, -0.2) is 0 Å². The number of fused-ring (bicyclic) bond motifs is 1. The molecule has 2 aromatic carbocycles. The van der Waals surface area contributed by atoms with Crippen LogP contribution in [-0.2, 0) is 0 Å². The molecule has 0 radical (unpaired) electrons. The Balaban J connectivity index is 2.34. The van der Waals surface area contributed by atoms with E-state index in [1.807, 2.05) is 18.2 Å². The number of nitrogen functional groups attached to an aromatic ring is 1. The van der Waals surface area contributed by atoms with Gasteiger partial charge in [-0.3, -0.25) is 4.79 Å². The second-order valence-electron chi connectivity index (χ2n) is 5.08. The quantitative estimate of drug-likeness (QED) is 0.784. The lowest BCUT2D eigenvalue weighted by Gasteiger charge is -2.15. The van der Waals surface area contributed by atoms with Crippen LogP contribution in [0.15, 0.2) is 41.2 Å². The standard InChI is InChI=1S/C18H17NO4S/c1-21-12-8-10(9-13(22-2)17(12)23-3)15-16(20)11-6-4-5-7-14(11)24-18(15)19/h4-9H,19H2,1-3H3. The number of hydrogen-bond acceptors (Lipinski definition) is 6. The monoisotopic (exact) mass is 343 g/mol. The number of ether oxygens (including phenoxy) is 3. The summed E-state index contributed by atoms with van der Waals surface area (Å²) in [5.74, 6) is 1.42. The van der Waals surface area contributed by atoms with Crippen LogP contribution < -0.4 is 25.4 Å². The van der Waals surface area contributed by atoms with Gasteiger partial charge in [-0.1, -0.05) is 12.1 Å². The van der Waals surface area contributed by atoms with Crippen molar-refractivity contribution in [1.82, 2.24) is 0 Å². The van der Waals surface area contributed by atoms with E-state index in [9.17, 15) is 4.79 Å². The number of benzene rings is 2. The van der Waals surface area contributed by atoms with Crippen LogP contribution in [-0.4, -0.2) is 21.3 Å². The van der Waals surface area contributed by atoms with Crippen molar-refractivity contribution in [2.75, 3.05) is 27.1 Å². The summed E-state index contributed by atoms with van der Waals surface area (Å²) in [4.78, 5) is 12.9. The minimum Gasteiger partial charge on any atom is -0.493 e. The Kier molecular flexibility index (Phi) is 4.31. The minimum atomic E-state index is -0.115. The smallest absolute Gasteiger partial charge is 0.203 e. The first-order chi connectivity index (χ1) is 11.6. The van der Waals surface area contributed by atoms with Crippen molar-refractivity contribution in [3.05, 3.63) is 46.6 Å². The van der Waals surface area contributed by atoms with Crippen molar-refractivity contribution in [3.8, 4) is 28.4 Å². The van der Waals surface area contributed by atoms with Gasteiger partial charge in [0.2, 0.25) is 5.75 Å². The number of rotatable bonds is 4. The van der Waals surface area contributed by atoms with Crippen LogP contribution in [0.3, 0.4) is 0 Å². The van der Waals surface area contributed by atoms with Crippen molar-refractivity contribution < 1.29 is 14.2 Å². The van der Waals surface area contributed by atoms with E-state index < -0.39 is 0 Å². The van der Waals surface area contributed by atoms with Crippen molar-refractivity contribution in [2.24, 2.45) is 0 Å². The Bertz CT molecular complexity index is 940. The van der Waals surface area contributed by atoms with Crippen LogP contribution in [0.25, 0.3) is 21.2 Å². The predicted octanol–water partition coefficient (Wildman–Crippen LogP) is 3.54. The van der Waals surface area contributed by atoms with Gasteiger partial charge in [0.05, 0.1) is 31.9 Å². The summed E-state index contributed by atoms with van der Waals surface area (Å²) in [7, 11) is 4.60. The van der Waals surface area contributed by atoms with Gasteiger partial charge in [-0.05, 0) is 29.8 Å². The molecule has 0 unspecified atom stereocenters. The molecule has 6 heteroatoms. The molecular weight excluding hydrogens is 326 g/mol. The average Bonchev–Trinajstić information content (AvgIpc) is 2.60. The topological polar surface area (TPSA) is 70.8 Å². The van der Waals surface area contributed by atoms with Crippen LogP contribution in [0, 0.1) is 0 Å². The molecule has 24 heavy (non-hydrogen) atoms. The fourth-order valence-electron chi connectivity index (χ4n) is 2.66. The van der Waals surface area contributed by atoms with E-state index in [1.54, 1.807) is 18.2 Å². The van der Waals surface area contributed by atoms with Crippen LogP contribution in [0.2, 0.25) is 0 Å². The maximum absolute atomic E-state index is 12.9. The third-order valence-electron chi connectivity index (χ3n) is 3.78. The van der Waals surface area contributed by atoms with E-state index in [4.69, 9.17) is 19.9 Å². The normalized spacial score (nSPS) is 10.6. The third kappa shape index (κ3) is 2.55. The zero-order valence-corrected chi connectivity index (χ0v) is 14.4. The van der Waals surface area contributed by atoms with Crippen molar-refractivity contribution in [2.45, 2.75) is 0 Å². The zero-order valence-electron chi connectivity index (χ0n) is 13.6. The number of hydrogen-bond donors (Lipinski definition) is 1. The van der Waals surface area contributed by atoms with Crippen molar-refractivity contribution in [3.63, 3.8) is 0 Å². The van der Waals surface area contributed by atoms with E-state index in [1.165, 1.54) is 32.7 Å². The Labute approximate surface area is 143 Å². The molecule has 0 aliphatic carbocycles. The van der Waals surface area contributed by atoms with Gasteiger partial charge >= 0.3 is 0 Å². The first-order valence-corrected chi connectivity index (χ1v) is 8.04. The first kappa shape index (κ1) is 16.1. The molecule has 5 nitrogen and oxygen atoms in total. The number of anilines is 1. The molecule has 0 saturated heterocycles. The van der Waals surface area contributed by atoms with Gasteiger partial charge in [0.25, 0.3) is 0 Å². The fourth-order valence-corrected chi connectivity index (χ4v) is 3.62. The molecule has 0 spiro atoms. The Morgan fingerprint density at radius 3 is 2.17 bits per heavy atom. The lowest BCUT2D eigenvalue weighted by Crippen LogP contribution is -2.08. The molecular formula is C18H17NO4S. The van der Waals surface area contributed by atoms with Crippen LogP contribution in [0.5, 0.6) is 17.2 Å². The van der Waals surface area contributed by atoms with E-state index in [0.29, 0.717) is 38.8 Å². The summed E-state index contributed by atoms with van der Waals surface area (Å²) in [6, 6.07) is 10.9. The van der Waals surface area contributed by atoms with Gasteiger partial charge in [-0.2, -0.15) is 0 Å². The molecule has 0 fully saturated rings. The number of methoxy groups -OCH3 is 3. The molecule has 0 aliphatic rings. The molecule has 0 saturated carbocycles. The van der Waals surface area contributed by atoms with Gasteiger partial charge in [0, 0.05) is 10.1 Å². The molecule has 3 rings (SSSR count). The fraction of sp³-hybridized carbons (Fsp3) is 0.167. The Morgan fingerprint density at radius 1 is 0.958 bits per heavy atom. The molecule has 0 amide bonds. The van der Waals surface area contributed by atoms with Gasteiger partial charge in [0.15, 0.2) is 16.9 Å². The highest BCUT2D eigenvalue weighted by Gasteiger charge is 2.18. The van der Waals surface area contributed by atoms with Crippen LogP contribution in [0.4, 0.5) is 5.00 Å². The van der Waals surface area contributed by atoms with Gasteiger partial charge in [0.1, 0.15) is 0 Å². The van der Waals surface area contributed by atoms with Gasteiger partial charge in [-0.15, -0.1) is 11.3 Å². The second kappa shape index (κ2) is 6.41. The molecule has 0 bridgehead atoms. The molecule has 0 atom stereocenters. The highest BCUT2D eigenvalue weighted by Crippen LogP contribution is 2.42. The maximum atomic E-state index is 12.9. The van der Waals surface area contributed by atoms with E-state index >= 15 is 0 Å². The Hall–Kier alpha value is -2.73. The van der Waals surface area contributed by atoms with Crippen LogP contribution in [0.1, 0.15) is 0 Å². The van der Waals surface area contributed by atoms with Crippen molar-refractivity contribution >= 4 is 26.4 Å². The molecule has 0 aliphatic heterocycles. The summed E-state index contributed by atoms with van der Waals surface area (Å²) in [6.07, 6.45) is 0. The Morgan fingerprint density at radius 2 is 1.58 bits per heavy atom. The average molecular weight is 343 g/mol. The second-order valence-corrected chi connectivity index (χ2v) is 6.16. The minimum absolute atomic E-state index is 0.115. The lowest BCUT2D eigenvalue weighted by atomic mass is 10.0. The summed E-state index contributed by atoms with van der Waals surface area (Å²) in [5.41, 5.74) is 7.14. The zero-order chi connectivity index (χ0) is 17.3. The molecule has 2 N–H and O–H groups in total. The van der Waals surface area contributed by atoms with E-state index in [2.05, 4.69) is 0 Å². The van der Waals surface area contributed by atoms with E-state index in [-0.39, 0.29) is 5.43 Å². The van der Waals surface area contributed by atoms with Gasteiger partial charge < -0.3 is 19.9 Å².